The third-order valence-corrected chi connectivity index (χ3v) is 5.54. The zero-order chi connectivity index (χ0) is 23.2. The van der Waals surface area contributed by atoms with Gasteiger partial charge < -0.3 is 9.84 Å². The van der Waals surface area contributed by atoms with Crippen molar-refractivity contribution in [3.8, 4) is 17.1 Å². The maximum absolute atomic E-state index is 12.2. The molecule has 0 radical (unpaired) electrons. The van der Waals surface area contributed by atoms with Crippen molar-refractivity contribution in [3.63, 3.8) is 0 Å². The van der Waals surface area contributed by atoms with Gasteiger partial charge in [0.1, 0.15) is 0 Å². The zero-order valence-corrected chi connectivity index (χ0v) is 19.5. The molecule has 2 aromatic carbocycles. The van der Waals surface area contributed by atoms with Gasteiger partial charge >= 0.3 is 0 Å². The lowest BCUT2D eigenvalue weighted by Gasteiger charge is -2.07. The molecule has 4 aromatic rings. The van der Waals surface area contributed by atoms with Gasteiger partial charge in [0.25, 0.3) is 0 Å². The minimum atomic E-state index is 0.0201. The van der Waals surface area contributed by atoms with Crippen molar-refractivity contribution in [2.24, 2.45) is 0 Å². The highest BCUT2D eigenvalue weighted by Gasteiger charge is 2.10. The number of hydrogen-bond acceptors (Lipinski definition) is 5. The molecule has 8 heteroatoms. The zero-order valence-electron chi connectivity index (χ0n) is 18.7. The van der Waals surface area contributed by atoms with Crippen LogP contribution in [0.5, 0.6) is 0 Å². The van der Waals surface area contributed by atoms with E-state index < -0.39 is 0 Å². The van der Waals surface area contributed by atoms with E-state index in [1.165, 1.54) is 5.56 Å². The molecule has 0 bridgehead atoms. The number of amides is 1. The fourth-order valence-corrected chi connectivity index (χ4v) is 3.73. The quantitative estimate of drug-likeness (QED) is 0.382. The number of nitrogens with one attached hydrogen (secondary N) is 1. The summed E-state index contributed by atoms with van der Waals surface area (Å²) in [6.45, 7) is 4.63. The molecule has 0 aliphatic heterocycles. The van der Waals surface area contributed by atoms with Crippen LogP contribution in [0.15, 0.2) is 59.1 Å². The van der Waals surface area contributed by atoms with Crippen LogP contribution in [0, 0.1) is 13.8 Å². The highest BCUT2D eigenvalue weighted by Crippen LogP contribution is 2.19. The summed E-state index contributed by atoms with van der Waals surface area (Å²) in [6.07, 6.45) is 2.39. The lowest BCUT2D eigenvalue weighted by molar-refractivity contribution is -0.121. The Labute approximate surface area is 197 Å². The molecular weight excluding hydrogens is 438 g/mol. The maximum Gasteiger partial charge on any atom is 0.226 e. The first-order valence-electron chi connectivity index (χ1n) is 11.0. The molecule has 0 aliphatic rings. The Bertz CT molecular complexity index is 1210. The summed E-state index contributed by atoms with van der Waals surface area (Å²) in [4.78, 5) is 16.5. The minimum absolute atomic E-state index is 0.0201. The molecule has 4 rings (SSSR count). The summed E-state index contributed by atoms with van der Waals surface area (Å²) < 4.78 is 7.22. The van der Waals surface area contributed by atoms with Crippen LogP contribution in [0.4, 0.5) is 0 Å². The summed E-state index contributed by atoms with van der Waals surface area (Å²) in [6, 6.07) is 17.6. The fraction of sp³-hybridized carbons (Fsp3) is 0.280. The number of aromatic nitrogens is 4. The van der Waals surface area contributed by atoms with E-state index in [0.717, 1.165) is 29.1 Å². The van der Waals surface area contributed by atoms with Crippen molar-refractivity contribution in [3.05, 3.63) is 82.5 Å². The first-order chi connectivity index (χ1) is 16.0. The Balaban J connectivity index is 1.17. The van der Waals surface area contributed by atoms with Crippen molar-refractivity contribution in [2.75, 3.05) is 6.54 Å². The Morgan fingerprint density at radius 2 is 1.82 bits per heavy atom. The van der Waals surface area contributed by atoms with E-state index in [4.69, 9.17) is 16.1 Å². The standard InChI is InChI=1S/C25H26ClN5O2/c1-17-16-18(2)31(29-17)22-12-6-19(7-13-22)14-15-27-23(32)4-3-5-24-28-25(30-33-24)20-8-10-21(26)11-9-20/h6-13,16H,3-5,14-15H2,1-2H3,(H,27,32). The molecule has 0 spiro atoms. The average Bonchev–Trinajstić information content (AvgIpc) is 3.41. The van der Waals surface area contributed by atoms with Gasteiger partial charge in [0.2, 0.25) is 17.6 Å². The Morgan fingerprint density at radius 1 is 1.06 bits per heavy atom. The molecule has 0 unspecified atom stereocenters. The first-order valence-corrected chi connectivity index (χ1v) is 11.3. The second-order valence-electron chi connectivity index (χ2n) is 7.98. The van der Waals surface area contributed by atoms with Gasteiger partial charge in [-0.05, 0) is 74.7 Å². The number of benzene rings is 2. The summed E-state index contributed by atoms with van der Waals surface area (Å²) >= 11 is 5.90. The highest BCUT2D eigenvalue weighted by molar-refractivity contribution is 6.30. The Kier molecular flexibility index (Phi) is 7.19. The van der Waals surface area contributed by atoms with Crippen molar-refractivity contribution in [2.45, 2.75) is 39.5 Å². The number of rotatable bonds is 9. The van der Waals surface area contributed by atoms with E-state index in [1.54, 1.807) is 12.1 Å². The summed E-state index contributed by atoms with van der Waals surface area (Å²) in [5, 5.41) is 12.1. The molecule has 0 fully saturated rings. The second kappa shape index (κ2) is 10.4. The third-order valence-electron chi connectivity index (χ3n) is 5.29. The monoisotopic (exact) mass is 463 g/mol. The third kappa shape index (κ3) is 6.08. The Hall–Kier alpha value is -3.45. The highest BCUT2D eigenvalue weighted by atomic mass is 35.5. The fourth-order valence-electron chi connectivity index (χ4n) is 3.60. The predicted molar refractivity (Wildman–Crippen MR) is 127 cm³/mol. The topological polar surface area (TPSA) is 85.8 Å². The molecule has 1 amide bonds. The van der Waals surface area contributed by atoms with E-state index in [-0.39, 0.29) is 5.91 Å². The molecule has 33 heavy (non-hydrogen) atoms. The SMILES string of the molecule is Cc1cc(C)n(-c2ccc(CCNC(=O)CCCc3nc(-c4ccc(Cl)cc4)no3)cc2)n1. The van der Waals surface area contributed by atoms with Crippen LogP contribution in [0.25, 0.3) is 17.1 Å². The van der Waals surface area contributed by atoms with Gasteiger partial charge in [0.05, 0.1) is 11.4 Å². The van der Waals surface area contributed by atoms with Gasteiger partial charge in [-0.2, -0.15) is 10.1 Å². The van der Waals surface area contributed by atoms with Gasteiger partial charge in [-0.3, -0.25) is 4.79 Å². The molecule has 2 heterocycles. The number of aryl methyl sites for hydroxylation is 3. The van der Waals surface area contributed by atoms with Crippen LogP contribution in [0.3, 0.4) is 0 Å². The van der Waals surface area contributed by atoms with Crippen LogP contribution in [-0.4, -0.2) is 32.4 Å². The molecule has 0 saturated carbocycles. The van der Waals surface area contributed by atoms with Crippen LogP contribution in [0.2, 0.25) is 5.02 Å². The van der Waals surface area contributed by atoms with Gasteiger partial charge in [-0.25, -0.2) is 4.68 Å². The number of nitrogens with zero attached hydrogens (tertiary/aromatic N) is 4. The molecule has 1 N–H and O–H groups in total. The van der Waals surface area contributed by atoms with Crippen LogP contribution < -0.4 is 5.32 Å². The van der Waals surface area contributed by atoms with Crippen molar-refractivity contribution < 1.29 is 9.32 Å². The molecule has 170 valence electrons. The van der Waals surface area contributed by atoms with E-state index >= 15 is 0 Å². The largest absolute Gasteiger partial charge is 0.356 e. The Morgan fingerprint density at radius 3 is 2.52 bits per heavy atom. The molecule has 0 atom stereocenters. The number of hydrogen-bond donors (Lipinski definition) is 1. The van der Waals surface area contributed by atoms with Gasteiger partial charge in [0.15, 0.2) is 0 Å². The normalized spacial score (nSPS) is 11.0. The number of halogens is 1. The lowest BCUT2D eigenvalue weighted by atomic mass is 10.1. The van der Waals surface area contributed by atoms with Crippen molar-refractivity contribution >= 4 is 17.5 Å². The molecule has 7 nitrogen and oxygen atoms in total. The average molecular weight is 464 g/mol. The molecule has 0 saturated heterocycles. The maximum atomic E-state index is 12.2. The summed E-state index contributed by atoms with van der Waals surface area (Å²) in [7, 11) is 0. The second-order valence-corrected chi connectivity index (χ2v) is 8.41. The van der Waals surface area contributed by atoms with Gasteiger partial charge in [0, 0.05) is 35.7 Å². The van der Waals surface area contributed by atoms with Crippen LogP contribution in [0.1, 0.15) is 35.7 Å². The van der Waals surface area contributed by atoms with Crippen molar-refractivity contribution in [1.29, 1.82) is 0 Å². The van der Waals surface area contributed by atoms with Crippen LogP contribution in [-0.2, 0) is 17.6 Å². The van der Waals surface area contributed by atoms with E-state index in [1.807, 2.05) is 30.7 Å². The lowest BCUT2D eigenvalue weighted by Crippen LogP contribution is -2.25. The van der Waals surface area contributed by atoms with E-state index in [2.05, 4.69) is 50.9 Å². The van der Waals surface area contributed by atoms with E-state index in [0.29, 0.717) is 42.5 Å². The molecular formula is C25H26ClN5O2. The summed E-state index contributed by atoms with van der Waals surface area (Å²) in [5.74, 6) is 1.07. The first kappa shape index (κ1) is 22.7. The minimum Gasteiger partial charge on any atom is -0.356 e. The van der Waals surface area contributed by atoms with E-state index in [9.17, 15) is 4.79 Å². The molecule has 0 aliphatic carbocycles. The predicted octanol–water partition coefficient (Wildman–Crippen LogP) is 4.87. The number of carbonyl (C=O) groups excluding carboxylic acids is 1. The van der Waals surface area contributed by atoms with Gasteiger partial charge in [-0.15, -0.1) is 0 Å². The van der Waals surface area contributed by atoms with Crippen molar-refractivity contribution in [1.82, 2.24) is 25.2 Å². The molecule has 2 aromatic heterocycles. The van der Waals surface area contributed by atoms with Crippen LogP contribution >= 0.6 is 11.6 Å². The smallest absolute Gasteiger partial charge is 0.226 e. The summed E-state index contributed by atoms with van der Waals surface area (Å²) in [5.41, 5.74) is 5.15. The number of carbonyl (C=O) groups is 1. The van der Waals surface area contributed by atoms with Gasteiger partial charge in [-0.1, -0.05) is 28.9 Å².